The Hall–Kier alpha value is -2.35. The number of amides is 2. The SMILES string of the molecule is CC(C)CCN1C[C@]2(CCCN(C(=O)c3ccc(C#N)cc3)C2)CCC1=O. The second-order valence-corrected chi connectivity index (χ2v) is 8.52. The third kappa shape index (κ3) is 4.50. The van der Waals surface area contributed by atoms with E-state index in [-0.39, 0.29) is 17.2 Å². The van der Waals surface area contributed by atoms with Crippen molar-refractivity contribution < 1.29 is 9.59 Å². The zero-order chi connectivity index (χ0) is 19.4. The summed E-state index contributed by atoms with van der Waals surface area (Å²) in [5.41, 5.74) is 1.23. The van der Waals surface area contributed by atoms with Crippen LogP contribution >= 0.6 is 0 Å². The Morgan fingerprint density at radius 2 is 1.96 bits per heavy atom. The highest BCUT2D eigenvalue weighted by Crippen LogP contribution is 2.39. The first-order valence-corrected chi connectivity index (χ1v) is 10.00. The van der Waals surface area contributed by atoms with E-state index in [1.165, 1.54) is 0 Å². The third-order valence-corrected chi connectivity index (χ3v) is 5.93. The van der Waals surface area contributed by atoms with Crippen molar-refractivity contribution >= 4 is 11.8 Å². The normalized spacial score (nSPS) is 23.0. The van der Waals surface area contributed by atoms with Crippen molar-refractivity contribution in [2.75, 3.05) is 26.2 Å². The molecule has 0 radical (unpaired) electrons. The van der Waals surface area contributed by atoms with Gasteiger partial charge in [-0.1, -0.05) is 13.8 Å². The number of benzene rings is 1. The molecule has 5 nitrogen and oxygen atoms in total. The maximum Gasteiger partial charge on any atom is 0.253 e. The van der Waals surface area contributed by atoms with E-state index in [0.717, 1.165) is 51.9 Å². The summed E-state index contributed by atoms with van der Waals surface area (Å²) < 4.78 is 0. The molecule has 0 N–H and O–H groups in total. The highest BCUT2D eigenvalue weighted by Gasteiger charge is 2.42. The Morgan fingerprint density at radius 1 is 1.22 bits per heavy atom. The lowest BCUT2D eigenvalue weighted by molar-refractivity contribution is -0.139. The average molecular weight is 367 g/mol. The summed E-state index contributed by atoms with van der Waals surface area (Å²) in [5.74, 6) is 0.873. The summed E-state index contributed by atoms with van der Waals surface area (Å²) in [5, 5.41) is 8.93. The smallest absolute Gasteiger partial charge is 0.253 e. The molecule has 1 spiro atoms. The molecule has 0 bridgehead atoms. The highest BCUT2D eigenvalue weighted by molar-refractivity contribution is 5.94. The van der Waals surface area contributed by atoms with Crippen LogP contribution in [0.5, 0.6) is 0 Å². The average Bonchev–Trinajstić information content (AvgIpc) is 2.68. The fourth-order valence-corrected chi connectivity index (χ4v) is 4.30. The Bertz CT molecular complexity index is 735. The second kappa shape index (κ2) is 8.12. The van der Waals surface area contributed by atoms with Gasteiger partial charge in [0.05, 0.1) is 11.6 Å². The predicted molar refractivity (Wildman–Crippen MR) is 104 cm³/mol. The van der Waals surface area contributed by atoms with Crippen LogP contribution in [-0.2, 0) is 4.79 Å². The Kier molecular flexibility index (Phi) is 5.84. The summed E-state index contributed by atoms with van der Waals surface area (Å²) in [6.45, 7) is 7.45. The predicted octanol–water partition coefficient (Wildman–Crippen LogP) is 3.45. The van der Waals surface area contributed by atoms with E-state index >= 15 is 0 Å². The molecule has 1 aromatic rings. The van der Waals surface area contributed by atoms with E-state index in [9.17, 15) is 9.59 Å². The first-order chi connectivity index (χ1) is 12.9. The van der Waals surface area contributed by atoms with E-state index in [0.29, 0.717) is 23.5 Å². The van der Waals surface area contributed by atoms with Gasteiger partial charge < -0.3 is 9.80 Å². The van der Waals surface area contributed by atoms with Crippen molar-refractivity contribution in [2.24, 2.45) is 11.3 Å². The lowest BCUT2D eigenvalue weighted by Crippen LogP contribution is -2.55. The Morgan fingerprint density at radius 3 is 2.63 bits per heavy atom. The molecule has 0 unspecified atom stereocenters. The minimum Gasteiger partial charge on any atom is -0.342 e. The first kappa shape index (κ1) is 19.4. The van der Waals surface area contributed by atoms with Crippen LogP contribution in [0.3, 0.4) is 0 Å². The molecular weight excluding hydrogens is 338 g/mol. The monoisotopic (exact) mass is 367 g/mol. The molecule has 5 heteroatoms. The number of hydrogen-bond donors (Lipinski definition) is 0. The van der Waals surface area contributed by atoms with Gasteiger partial charge in [-0.25, -0.2) is 0 Å². The van der Waals surface area contributed by atoms with Gasteiger partial charge in [-0.2, -0.15) is 5.26 Å². The molecule has 2 aliphatic heterocycles. The van der Waals surface area contributed by atoms with Crippen molar-refractivity contribution in [3.8, 4) is 6.07 Å². The number of nitriles is 1. The fraction of sp³-hybridized carbons (Fsp3) is 0.591. The number of piperidine rings is 2. The molecule has 27 heavy (non-hydrogen) atoms. The summed E-state index contributed by atoms with van der Waals surface area (Å²) in [4.78, 5) is 29.3. The molecule has 0 saturated carbocycles. The van der Waals surface area contributed by atoms with Gasteiger partial charge in [0, 0.05) is 43.6 Å². The van der Waals surface area contributed by atoms with E-state index in [4.69, 9.17) is 5.26 Å². The van der Waals surface area contributed by atoms with Crippen LogP contribution in [0.15, 0.2) is 24.3 Å². The van der Waals surface area contributed by atoms with Crippen molar-refractivity contribution in [2.45, 2.75) is 46.0 Å². The second-order valence-electron chi connectivity index (χ2n) is 8.52. The number of nitrogens with zero attached hydrogens (tertiary/aromatic N) is 3. The zero-order valence-corrected chi connectivity index (χ0v) is 16.4. The van der Waals surface area contributed by atoms with E-state index in [1.54, 1.807) is 24.3 Å². The van der Waals surface area contributed by atoms with Gasteiger partial charge in [0.2, 0.25) is 5.91 Å². The molecule has 2 amide bonds. The summed E-state index contributed by atoms with van der Waals surface area (Å²) in [7, 11) is 0. The van der Waals surface area contributed by atoms with Crippen molar-refractivity contribution in [1.82, 2.24) is 9.80 Å². The van der Waals surface area contributed by atoms with Crippen LogP contribution in [0.1, 0.15) is 61.9 Å². The van der Waals surface area contributed by atoms with Gasteiger partial charge in [0.25, 0.3) is 5.91 Å². The lowest BCUT2D eigenvalue weighted by atomic mass is 9.73. The van der Waals surface area contributed by atoms with Crippen molar-refractivity contribution in [3.05, 3.63) is 35.4 Å². The summed E-state index contributed by atoms with van der Waals surface area (Å²) in [6, 6.07) is 8.95. The minimum atomic E-state index is 0.0317. The van der Waals surface area contributed by atoms with Crippen LogP contribution in [0, 0.1) is 22.7 Å². The van der Waals surface area contributed by atoms with Gasteiger partial charge in [0.15, 0.2) is 0 Å². The topological polar surface area (TPSA) is 64.4 Å². The van der Waals surface area contributed by atoms with E-state index < -0.39 is 0 Å². The molecular formula is C22H29N3O2. The molecule has 2 saturated heterocycles. The van der Waals surface area contributed by atoms with Crippen molar-refractivity contribution in [3.63, 3.8) is 0 Å². The first-order valence-electron chi connectivity index (χ1n) is 10.00. The van der Waals surface area contributed by atoms with Crippen molar-refractivity contribution in [1.29, 1.82) is 5.26 Å². The number of carbonyl (C=O) groups is 2. The number of rotatable bonds is 4. The molecule has 0 aliphatic carbocycles. The Labute approximate surface area is 161 Å². The summed E-state index contributed by atoms with van der Waals surface area (Å²) in [6.07, 6.45) is 4.55. The number of hydrogen-bond acceptors (Lipinski definition) is 3. The molecule has 2 fully saturated rings. The van der Waals surface area contributed by atoms with E-state index in [2.05, 4.69) is 19.9 Å². The van der Waals surface area contributed by atoms with Crippen LogP contribution in [0.2, 0.25) is 0 Å². The minimum absolute atomic E-state index is 0.0317. The molecule has 2 aliphatic rings. The molecule has 3 rings (SSSR count). The molecule has 1 aromatic carbocycles. The van der Waals surface area contributed by atoms with Gasteiger partial charge in [-0.3, -0.25) is 9.59 Å². The molecule has 1 atom stereocenters. The van der Waals surface area contributed by atoms with Gasteiger partial charge in [0.1, 0.15) is 0 Å². The molecule has 144 valence electrons. The summed E-state index contributed by atoms with van der Waals surface area (Å²) >= 11 is 0. The van der Waals surface area contributed by atoms with Crippen LogP contribution in [0.25, 0.3) is 0 Å². The maximum atomic E-state index is 12.9. The largest absolute Gasteiger partial charge is 0.342 e. The van der Waals surface area contributed by atoms with Crippen LogP contribution in [0.4, 0.5) is 0 Å². The molecule has 0 aromatic heterocycles. The number of carbonyl (C=O) groups excluding carboxylic acids is 2. The van der Waals surface area contributed by atoms with Crippen LogP contribution < -0.4 is 0 Å². The Balaban J connectivity index is 1.69. The quantitative estimate of drug-likeness (QED) is 0.819. The van der Waals surface area contributed by atoms with Crippen LogP contribution in [-0.4, -0.2) is 47.8 Å². The highest BCUT2D eigenvalue weighted by atomic mass is 16.2. The standard InChI is InChI=1S/C22H29N3O2/c1-17(2)9-13-24-15-22(11-8-20(24)26)10-3-12-25(16-22)21(27)19-6-4-18(14-23)5-7-19/h4-7,17H,3,8-13,15-16H2,1-2H3/t22-/m0/s1. The van der Waals surface area contributed by atoms with Gasteiger partial charge in [-0.15, -0.1) is 0 Å². The fourth-order valence-electron chi connectivity index (χ4n) is 4.30. The van der Waals surface area contributed by atoms with Gasteiger partial charge in [-0.05, 0) is 55.9 Å². The maximum absolute atomic E-state index is 12.9. The third-order valence-electron chi connectivity index (χ3n) is 5.93. The van der Waals surface area contributed by atoms with Gasteiger partial charge >= 0.3 is 0 Å². The lowest BCUT2D eigenvalue weighted by Gasteiger charge is -2.48. The molecule has 2 heterocycles. The zero-order valence-electron chi connectivity index (χ0n) is 16.4. The van der Waals surface area contributed by atoms with E-state index in [1.807, 2.05) is 9.80 Å². The number of likely N-dealkylation sites (tertiary alicyclic amines) is 2.